The Balaban J connectivity index is 0.000000187. The van der Waals surface area contributed by atoms with E-state index in [4.69, 9.17) is 19.2 Å². The number of nitrogens with one attached hydrogen (secondary N) is 1. The summed E-state index contributed by atoms with van der Waals surface area (Å²) in [6.07, 6.45) is 0. The van der Waals surface area contributed by atoms with Crippen LogP contribution in [0.4, 0.5) is 0 Å². The number of rotatable bonds is 0. The number of hydrogen-bond acceptors (Lipinski definition) is 3. The SMILES string of the molecule is CN1CCNC1.O=P(O)(O)O. The van der Waals surface area contributed by atoms with Gasteiger partial charge in [0.25, 0.3) is 0 Å². The van der Waals surface area contributed by atoms with Crippen LogP contribution in [0.5, 0.6) is 0 Å². The fraction of sp³-hybridized carbons (Fsp3) is 1.00. The summed E-state index contributed by atoms with van der Waals surface area (Å²) in [5, 5.41) is 3.20. The van der Waals surface area contributed by atoms with E-state index in [0.29, 0.717) is 0 Å². The van der Waals surface area contributed by atoms with E-state index in [9.17, 15) is 0 Å². The van der Waals surface area contributed by atoms with Gasteiger partial charge in [-0.3, -0.25) is 4.90 Å². The van der Waals surface area contributed by atoms with Crippen LogP contribution < -0.4 is 5.32 Å². The molecule has 1 fully saturated rings. The van der Waals surface area contributed by atoms with E-state index in [1.54, 1.807) is 0 Å². The van der Waals surface area contributed by atoms with Crippen molar-refractivity contribution in [3.05, 3.63) is 0 Å². The average Bonchev–Trinajstić information content (AvgIpc) is 2.12. The molecule has 0 amide bonds. The van der Waals surface area contributed by atoms with Crippen LogP contribution in [0.15, 0.2) is 0 Å². The Hall–Kier alpha value is 0.0300. The predicted octanol–water partition coefficient (Wildman–Crippen LogP) is -1.45. The Morgan fingerprint density at radius 2 is 1.91 bits per heavy atom. The van der Waals surface area contributed by atoms with Gasteiger partial charge in [-0.15, -0.1) is 0 Å². The smallest absolute Gasteiger partial charge is 0.303 e. The van der Waals surface area contributed by atoms with Gasteiger partial charge in [-0.25, -0.2) is 4.57 Å². The fourth-order valence-corrected chi connectivity index (χ4v) is 0.619. The molecule has 1 aliphatic rings. The molecule has 0 aromatic rings. The Morgan fingerprint density at radius 1 is 1.45 bits per heavy atom. The second-order valence-corrected chi connectivity index (χ2v) is 3.28. The third-order valence-electron chi connectivity index (χ3n) is 1.05. The average molecular weight is 184 g/mol. The van der Waals surface area contributed by atoms with Gasteiger partial charge in [0.05, 0.1) is 0 Å². The van der Waals surface area contributed by atoms with Crippen molar-refractivity contribution >= 4 is 7.82 Å². The van der Waals surface area contributed by atoms with Crippen molar-refractivity contribution in [2.75, 3.05) is 26.8 Å². The van der Waals surface area contributed by atoms with Crippen molar-refractivity contribution in [2.24, 2.45) is 0 Å². The number of nitrogens with zero attached hydrogens (tertiary/aromatic N) is 1. The molecule has 0 atom stereocenters. The minimum Gasteiger partial charge on any atom is -0.303 e. The highest BCUT2D eigenvalue weighted by atomic mass is 31.2. The maximum Gasteiger partial charge on any atom is 0.466 e. The fourth-order valence-electron chi connectivity index (χ4n) is 0.619. The molecule has 4 N–H and O–H groups in total. The van der Waals surface area contributed by atoms with Gasteiger partial charge in [-0.1, -0.05) is 0 Å². The van der Waals surface area contributed by atoms with Crippen molar-refractivity contribution in [3.8, 4) is 0 Å². The minimum absolute atomic E-state index is 1.07. The van der Waals surface area contributed by atoms with E-state index in [-0.39, 0.29) is 0 Å². The van der Waals surface area contributed by atoms with E-state index < -0.39 is 7.82 Å². The first-order valence-corrected chi connectivity index (χ1v) is 4.63. The lowest BCUT2D eigenvalue weighted by atomic mass is 10.7. The molecule has 0 aromatic heterocycles. The zero-order chi connectivity index (χ0) is 8.91. The summed E-state index contributed by atoms with van der Waals surface area (Å²) in [6.45, 7) is 3.44. The van der Waals surface area contributed by atoms with Crippen molar-refractivity contribution in [1.82, 2.24) is 10.2 Å². The monoisotopic (exact) mass is 184 g/mol. The molecule has 1 rings (SSSR count). The first kappa shape index (κ1) is 11.0. The first-order chi connectivity index (χ1) is 4.89. The van der Waals surface area contributed by atoms with Crippen molar-refractivity contribution < 1.29 is 19.2 Å². The van der Waals surface area contributed by atoms with Gasteiger partial charge < -0.3 is 20.0 Å². The Morgan fingerprint density at radius 3 is 2.00 bits per heavy atom. The van der Waals surface area contributed by atoms with Crippen LogP contribution in [0.25, 0.3) is 0 Å². The number of likely N-dealkylation sites (N-methyl/N-ethyl adjacent to an activating group) is 1. The van der Waals surface area contributed by atoms with Crippen molar-refractivity contribution in [2.45, 2.75) is 0 Å². The number of phosphoric acid groups is 1. The molecule has 1 heterocycles. The lowest BCUT2D eigenvalue weighted by Crippen LogP contribution is -2.15. The molecule has 7 heteroatoms. The molecular weight excluding hydrogens is 171 g/mol. The van der Waals surface area contributed by atoms with Crippen molar-refractivity contribution in [3.63, 3.8) is 0 Å². The van der Waals surface area contributed by atoms with Crippen molar-refractivity contribution in [1.29, 1.82) is 0 Å². The van der Waals surface area contributed by atoms with Gasteiger partial charge >= 0.3 is 7.82 Å². The van der Waals surface area contributed by atoms with E-state index in [0.717, 1.165) is 13.2 Å². The van der Waals surface area contributed by atoms with Gasteiger partial charge in [0.1, 0.15) is 0 Å². The Bertz CT molecular complexity index is 133. The van der Waals surface area contributed by atoms with E-state index in [1.165, 1.54) is 6.54 Å². The van der Waals surface area contributed by atoms with Crippen LogP contribution in [-0.2, 0) is 4.57 Å². The summed E-state index contributed by atoms with van der Waals surface area (Å²) in [4.78, 5) is 23.8. The molecule has 1 saturated heterocycles. The summed E-state index contributed by atoms with van der Waals surface area (Å²) in [5.74, 6) is 0. The van der Waals surface area contributed by atoms with Gasteiger partial charge in [-0.05, 0) is 7.05 Å². The molecular formula is C4H13N2O4P. The van der Waals surface area contributed by atoms with Gasteiger partial charge in [0, 0.05) is 19.8 Å². The molecule has 68 valence electrons. The molecule has 0 bridgehead atoms. The summed E-state index contributed by atoms with van der Waals surface area (Å²) < 4.78 is 8.88. The standard InChI is InChI=1S/C4H10N2.H3O4P/c1-6-3-2-5-4-6;1-5(2,3)4/h5H,2-4H2,1H3;(H3,1,2,3,4). The molecule has 0 aromatic carbocycles. The highest BCUT2D eigenvalue weighted by Crippen LogP contribution is 2.25. The third kappa shape index (κ3) is 13.1. The first-order valence-electron chi connectivity index (χ1n) is 3.07. The van der Waals surface area contributed by atoms with Crippen LogP contribution in [-0.4, -0.2) is 46.4 Å². The molecule has 0 radical (unpaired) electrons. The Labute approximate surface area is 65.1 Å². The molecule has 6 nitrogen and oxygen atoms in total. The molecule has 11 heavy (non-hydrogen) atoms. The van der Waals surface area contributed by atoms with Crippen LogP contribution in [0.1, 0.15) is 0 Å². The van der Waals surface area contributed by atoms with E-state index >= 15 is 0 Å². The lowest BCUT2D eigenvalue weighted by Gasteiger charge is -1.99. The zero-order valence-electron chi connectivity index (χ0n) is 6.27. The largest absolute Gasteiger partial charge is 0.466 e. The summed E-state index contributed by atoms with van der Waals surface area (Å²) in [6, 6.07) is 0. The Kier molecular flexibility index (Phi) is 4.83. The van der Waals surface area contributed by atoms with E-state index in [1.807, 2.05) is 0 Å². The van der Waals surface area contributed by atoms with Crippen LogP contribution in [0.3, 0.4) is 0 Å². The van der Waals surface area contributed by atoms with Gasteiger partial charge in [0.15, 0.2) is 0 Å². The maximum atomic E-state index is 8.88. The molecule has 0 spiro atoms. The molecule has 1 aliphatic heterocycles. The van der Waals surface area contributed by atoms with Gasteiger partial charge in [0.2, 0.25) is 0 Å². The second kappa shape index (κ2) is 4.82. The minimum atomic E-state index is -4.64. The van der Waals surface area contributed by atoms with Crippen LogP contribution in [0, 0.1) is 0 Å². The van der Waals surface area contributed by atoms with Crippen LogP contribution in [0.2, 0.25) is 0 Å². The van der Waals surface area contributed by atoms with Gasteiger partial charge in [-0.2, -0.15) is 0 Å². The lowest BCUT2D eigenvalue weighted by molar-refractivity contribution is 0.275. The topological polar surface area (TPSA) is 93.0 Å². The summed E-state index contributed by atoms with van der Waals surface area (Å²) >= 11 is 0. The highest BCUT2D eigenvalue weighted by Gasteiger charge is 2.01. The summed E-state index contributed by atoms with van der Waals surface area (Å²) in [7, 11) is -2.53. The number of hydrogen-bond donors (Lipinski definition) is 4. The maximum absolute atomic E-state index is 8.88. The highest BCUT2D eigenvalue weighted by molar-refractivity contribution is 7.45. The second-order valence-electron chi connectivity index (χ2n) is 2.25. The third-order valence-corrected chi connectivity index (χ3v) is 1.05. The summed E-state index contributed by atoms with van der Waals surface area (Å²) in [5.41, 5.74) is 0. The molecule has 0 aliphatic carbocycles. The van der Waals surface area contributed by atoms with E-state index in [2.05, 4.69) is 17.3 Å². The normalized spacial score (nSPS) is 19.3. The van der Waals surface area contributed by atoms with Crippen LogP contribution >= 0.6 is 7.82 Å². The molecule has 0 saturated carbocycles. The zero-order valence-corrected chi connectivity index (χ0v) is 7.16. The molecule has 0 unspecified atom stereocenters. The quantitative estimate of drug-likeness (QED) is 0.344. The predicted molar refractivity (Wildman–Crippen MR) is 39.8 cm³/mol.